The third-order valence-electron chi connectivity index (χ3n) is 7.59. The van der Waals surface area contributed by atoms with Crippen LogP contribution in [-0.4, -0.2) is 53.2 Å². The van der Waals surface area contributed by atoms with Crippen LogP contribution in [0, 0.1) is 0 Å². The van der Waals surface area contributed by atoms with E-state index in [1.54, 1.807) is 0 Å². The standard InChI is InChI=1S/C32H36N2O2/c1-24-6-4-9-28-15-11-26(23-30(24)28)13-17-32(36)34-19-5-18-33(20-21-34)31(35)16-12-25-10-14-27-7-2-3-8-29(27)22-25/h2-4,7-11,13-15,17,22-24,32,36H,5-6,12,16,18-21H2,1H3/b17-13+. The van der Waals surface area contributed by atoms with Crippen molar-refractivity contribution < 1.29 is 9.90 Å². The van der Waals surface area contributed by atoms with Crippen LogP contribution in [0.2, 0.25) is 0 Å². The number of carbonyl (C=O) groups is 1. The lowest BCUT2D eigenvalue weighted by Gasteiger charge is -2.24. The van der Waals surface area contributed by atoms with Gasteiger partial charge in [-0.25, -0.2) is 0 Å². The second-order valence-electron chi connectivity index (χ2n) is 10.2. The highest BCUT2D eigenvalue weighted by Gasteiger charge is 2.22. The minimum absolute atomic E-state index is 0.201. The molecule has 1 aliphatic heterocycles. The van der Waals surface area contributed by atoms with E-state index in [0.717, 1.165) is 37.9 Å². The fraction of sp³-hybridized carbons (Fsp3) is 0.344. The lowest BCUT2D eigenvalue weighted by atomic mass is 9.87. The van der Waals surface area contributed by atoms with Crippen LogP contribution in [0.3, 0.4) is 0 Å². The molecule has 1 amide bonds. The van der Waals surface area contributed by atoms with Crippen molar-refractivity contribution >= 4 is 28.8 Å². The van der Waals surface area contributed by atoms with Crippen LogP contribution >= 0.6 is 0 Å². The number of nitrogens with zero attached hydrogens (tertiary/aromatic N) is 2. The molecule has 3 aromatic rings. The minimum atomic E-state index is -0.647. The summed E-state index contributed by atoms with van der Waals surface area (Å²) < 4.78 is 0. The van der Waals surface area contributed by atoms with Crippen LogP contribution in [0.5, 0.6) is 0 Å². The molecule has 0 bridgehead atoms. The molecule has 1 N–H and O–H groups in total. The highest BCUT2D eigenvalue weighted by atomic mass is 16.3. The van der Waals surface area contributed by atoms with E-state index in [4.69, 9.17) is 0 Å². The molecule has 0 saturated carbocycles. The van der Waals surface area contributed by atoms with Gasteiger partial charge in [-0.3, -0.25) is 9.69 Å². The Labute approximate surface area is 214 Å². The summed E-state index contributed by atoms with van der Waals surface area (Å²) in [6.07, 6.45) is 10.9. The number of amides is 1. The number of allylic oxidation sites excluding steroid dienone is 1. The Balaban J connectivity index is 1.13. The normalized spacial score (nSPS) is 19.4. The first-order valence-corrected chi connectivity index (χ1v) is 13.2. The van der Waals surface area contributed by atoms with Crippen LogP contribution in [0.15, 0.2) is 72.8 Å². The average Bonchev–Trinajstić information content (AvgIpc) is 3.17. The third-order valence-corrected chi connectivity index (χ3v) is 7.59. The molecule has 0 radical (unpaired) electrons. The van der Waals surface area contributed by atoms with Crippen molar-refractivity contribution in [3.05, 3.63) is 95.1 Å². The number of hydrogen-bond acceptors (Lipinski definition) is 3. The molecule has 0 spiro atoms. The summed E-state index contributed by atoms with van der Waals surface area (Å²) in [7, 11) is 0. The number of aryl methyl sites for hydroxylation is 1. The number of carbonyl (C=O) groups excluding carboxylic acids is 1. The first-order chi connectivity index (χ1) is 17.6. The van der Waals surface area contributed by atoms with Crippen molar-refractivity contribution in [2.24, 2.45) is 0 Å². The van der Waals surface area contributed by atoms with E-state index in [1.165, 1.54) is 27.5 Å². The van der Waals surface area contributed by atoms with E-state index in [-0.39, 0.29) is 5.91 Å². The average molecular weight is 481 g/mol. The van der Waals surface area contributed by atoms with Gasteiger partial charge in [-0.15, -0.1) is 0 Å². The van der Waals surface area contributed by atoms with Gasteiger partial charge in [0.25, 0.3) is 0 Å². The van der Waals surface area contributed by atoms with E-state index in [2.05, 4.69) is 78.6 Å². The number of aliphatic hydroxyl groups is 1. The Morgan fingerprint density at radius 1 is 1.03 bits per heavy atom. The highest BCUT2D eigenvalue weighted by Crippen LogP contribution is 2.30. The monoisotopic (exact) mass is 480 g/mol. The maximum Gasteiger partial charge on any atom is 0.222 e. The number of rotatable bonds is 6. The molecule has 2 atom stereocenters. The molecule has 186 valence electrons. The van der Waals surface area contributed by atoms with E-state index < -0.39 is 6.23 Å². The zero-order valence-electron chi connectivity index (χ0n) is 21.1. The van der Waals surface area contributed by atoms with Crippen LogP contribution in [-0.2, 0) is 11.2 Å². The predicted molar refractivity (Wildman–Crippen MR) is 149 cm³/mol. The Hall–Kier alpha value is -3.21. The van der Waals surface area contributed by atoms with Gasteiger partial charge < -0.3 is 10.0 Å². The maximum absolute atomic E-state index is 12.9. The van der Waals surface area contributed by atoms with Crippen LogP contribution in [0.1, 0.15) is 54.4 Å². The molecular weight excluding hydrogens is 444 g/mol. The van der Waals surface area contributed by atoms with E-state index in [1.807, 2.05) is 23.1 Å². The van der Waals surface area contributed by atoms with Crippen molar-refractivity contribution in [2.75, 3.05) is 26.2 Å². The smallest absolute Gasteiger partial charge is 0.222 e. The van der Waals surface area contributed by atoms with Crippen LogP contribution in [0.4, 0.5) is 0 Å². The second kappa shape index (κ2) is 11.2. The van der Waals surface area contributed by atoms with Gasteiger partial charge in [-0.2, -0.15) is 0 Å². The van der Waals surface area contributed by atoms with Crippen molar-refractivity contribution in [3.63, 3.8) is 0 Å². The van der Waals surface area contributed by atoms with Crippen LogP contribution in [0.25, 0.3) is 22.9 Å². The SMILES string of the molecule is CC1CC=Cc2ccc(/C=C/C(O)N3CCCN(C(=O)CCc4ccc5ccccc5c4)CC3)cc21. The zero-order chi connectivity index (χ0) is 24.9. The Bertz CT molecular complexity index is 1280. The Morgan fingerprint density at radius 3 is 2.78 bits per heavy atom. The fourth-order valence-electron chi connectivity index (χ4n) is 5.38. The van der Waals surface area contributed by atoms with Gasteiger partial charge in [-0.1, -0.05) is 85.8 Å². The van der Waals surface area contributed by atoms with Gasteiger partial charge in [0.15, 0.2) is 0 Å². The van der Waals surface area contributed by atoms with E-state index in [9.17, 15) is 9.90 Å². The Morgan fingerprint density at radius 2 is 1.89 bits per heavy atom. The molecule has 1 saturated heterocycles. The van der Waals surface area contributed by atoms with Crippen molar-refractivity contribution in [2.45, 2.75) is 44.8 Å². The fourth-order valence-corrected chi connectivity index (χ4v) is 5.38. The number of aliphatic hydroxyl groups excluding tert-OH is 1. The largest absolute Gasteiger partial charge is 0.375 e. The molecule has 4 heteroatoms. The van der Waals surface area contributed by atoms with E-state index >= 15 is 0 Å². The quantitative estimate of drug-likeness (QED) is 0.481. The molecular formula is C32H36N2O2. The summed E-state index contributed by atoms with van der Waals surface area (Å²) in [6, 6.07) is 21.3. The molecule has 1 aliphatic carbocycles. The molecule has 1 fully saturated rings. The summed E-state index contributed by atoms with van der Waals surface area (Å²) >= 11 is 0. The highest BCUT2D eigenvalue weighted by molar-refractivity contribution is 5.83. The van der Waals surface area contributed by atoms with Crippen LogP contribution < -0.4 is 0 Å². The van der Waals surface area contributed by atoms with Gasteiger partial charge in [-0.05, 0) is 64.3 Å². The molecule has 4 nitrogen and oxygen atoms in total. The predicted octanol–water partition coefficient (Wildman–Crippen LogP) is 5.86. The lowest BCUT2D eigenvalue weighted by Crippen LogP contribution is -2.38. The van der Waals surface area contributed by atoms with Crippen molar-refractivity contribution in [1.29, 1.82) is 0 Å². The van der Waals surface area contributed by atoms with Gasteiger partial charge >= 0.3 is 0 Å². The molecule has 2 unspecified atom stereocenters. The summed E-state index contributed by atoms with van der Waals surface area (Å²) in [6.45, 7) is 5.13. The van der Waals surface area contributed by atoms with Gasteiger partial charge in [0.1, 0.15) is 6.23 Å². The third kappa shape index (κ3) is 5.77. The number of hydrogen-bond donors (Lipinski definition) is 1. The van der Waals surface area contributed by atoms with Gasteiger partial charge in [0.2, 0.25) is 5.91 Å². The van der Waals surface area contributed by atoms with Gasteiger partial charge in [0, 0.05) is 32.6 Å². The molecule has 5 rings (SSSR count). The maximum atomic E-state index is 12.9. The van der Waals surface area contributed by atoms with Gasteiger partial charge in [0.05, 0.1) is 0 Å². The first-order valence-electron chi connectivity index (χ1n) is 13.2. The minimum Gasteiger partial charge on any atom is -0.375 e. The summed E-state index contributed by atoms with van der Waals surface area (Å²) in [4.78, 5) is 17.0. The summed E-state index contributed by atoms with van der Waals surface area (Å²) in [5, 5.41) is 13.3. The molecule has 0 aromatic heterocycles. The first kappa shape index (κ1) is 24.5. The summed E-state index contributed by atoms with van der Waals surface area (Å²) in [5.41, 5.74) is 4.99. The number of fused-ring (bicyclic) bond motifs is 2. The molecule has 36 heavy (non-hydrogen) atoms. The van der Waals surface area contributed by atoms with Crippen molar-refractivity contribution in [1.82, 2.24) is 9.80 Å². The second-order valence-corrected chi connectivity index (χ2v) is 10.2. The number of benzene rings is 3. The van der Waals surface area contributed by atoms with E-state index in [0.29, 0.717) is 25.4 Å². The topological polar surface area (TPSA) is 43.8 Å². The molecule has 1 heterocycles. The Kier molecular flexibility index (Phi) is 7.64. The molecule has 2 aliphatic rings. The summed E-state index contributed by atoms with van der Waals surface area (Å²) in [5.74, 6) is 0.728. The molecule has 3 aromatic carbocycles. The zero-order valence-corrected chi connectivity index (χ0v) is 21.1. The lowest BCUT2D eigenvalue weighted by molar-refractivity contribution is -0.131. The van der Waals surface area contributed by atoms with Crippen molar-refractivity contribution in [3.8, 4) is 0 Å².